The van der Waals surface area contributed by atoms with Crippen LogP contribution >= 0.6 is 11.8 Å². The van der Waals surface area contributed by atoms with Gasteiger partial charge < -0.3 is 30.0 Å². The molecule has 0 bridgehead atoms. The van der Waals surface area contributed by atoms with Gasteiger partial charge in [0.15, 0.2) is 0 Å². The molecule has 0 heterocycles. The van der Waals surface area contributed by atoms with Crippen molar-refractivity contribution in [3.63, 3.8) is 0 Å². The summed E-state index contributed by atoms with van der Waals surface area (Å²) < 4.78 is 15.3. The van der Waals surface area contributed by atoms with Crippen molar-refractivity contribution in [1.82, 2.24) is 10.6 Å². The number of thioether (sulfide) groups is 1. The predicted octanol–water partition coefficient (Wildman–Crippen LogP) is 4.11. The molecule has 0 saturated heterocycles. The summed E-state index contributed by atoms with van der Waals surface area (Å²) in [5, 5.41) is 14.4. The largest absolute Gasteiger partial charge is 0.480 e. The number of hydrogen-bond donors (Lipinski definition) is 3. The third-order valence-electron chi connectivity index (χ3n) is 6.02. The van der Waals surface area contributed by atoms with Gasteiger partial charge in [0.2, 0.25) is 0 Å². The van der Waals surface area contributed by atoms with Crippen LogP contribution in [0.4, 0.5) is 9.59 Å². The van der Waals surface area contributed by atoms with E-state index in [0.717, 1.165) is 22.3 Å². The normalized spacial score (nSPS) is 13.1. The first kappa shape index (κ1) is 30.3. The molecular weight excluding hydrogens is 536 g/mol. The summed E-state index contributed by atoms with van der Waals surface area (Å²) in [6, 6.07) is 13.6. The van der Waals surface area contributed by atoms with E-state index in [1.165, 1.54) is 23.9 Å². The number of carboxylic acids is 1. The van der Waals surface area contributed by atoms with E-state index < -0.39 is 36.2 Å². The fraction of sp³-hybridized carbons (Fsp3) is 0.310. The highest BCUT2D eigenvalue weighted by atomic mass is 32.2. The molecule has 2 aromatic rings. The average Bonchev–Trinajstić information content (AvgIpc) is 3.28. The summed E-state index contributed by atoms with van der Waals surface area (Å²) in [6.07, 6.45) is 1.18. The molecule has 1 aliphatic rings. The Balaban J connectivity index is 1.50. The standard InChI is InChI=1S/C29H32N2O8S/c1-3-14-37-27(34)25(31-28(35)38-15-4-2)18-40-16-13-24(26(32)33)30-29(36)39-17-23-21-11-7-5-9-19(21)20-10-6-8-12-22(20)23/h3-12,23-25H,1-2,13-18H2,(H,30,36)(H,31,35)(H,32,33)/t24-,25-/m1/s1. The van der Waals surface area contributed by atoms with Crippen molar-refractivity contribution in [1.29, 1.82) is 0 Å². The summed E-state index contributed by atoms with van der Waals surface area (Å²) in [4.78, 5) is 48.5. The van der Waals surface area contributed by atoms with E-state index >= 15 is 0 Å². The smallest absolute Gasteiger partial charge is 0.408 e. The molecular formula is C29H32N2O8S. The molecule has 2 atom stereocenters. The summed E-state index contributed by atoms with van der Waals surface area (Å²) >= 11 is 1.21. The Morgan fingerprint density at radius 1 is 0.850 bits per heavy atom. The molecule has 0 aliphatic heterocycles. The van der Waals surface area contributed by atoms with Gasteiger partial charge in [-0.1, -0.05) is 73.8 Å². The van der Waals surface area contributed by atoms with Crippen LogP contribution in [-0.2, 0) is 23.8 Å². The summed E-state index contributed by atoms with van der Waals surface area (Å²) in [5.41, 5.74) is 4.27. The lowest BCUT2D eigenvalue weighted by Gasteiger charge is -2.18. The molecule has 0 spiro atoms. The maximum absolute atomic E-state index is 12.5. The Morgan fingerprint density at radius 2 is 1.40 bits per heavy atom. The Labute approximate surface area is 236 Å². The highest BCUT2D eigenvalue weighted by molar-refractivity contribution is 7.99. The first-order valence-electron chi connectivity index (χ1n) is 12.6. The lowest BCUT2D eigenvalue weighted by Crippen LogP contribution is -2.44. The zero-order valence-corrected chi connectivity index (χ0v) is 22.7. The van der Waals surface area contributed by atoms with Crippen molar-refractivity contribution in [2.24, 2.45) is 0 Å². The zero-order valence-electron chi connectivity index (χ0n) is 21.9. The maximum atomic E-state index is 12.5. The van der Waals surface area contributed by atoms with Gasteiger partial charge in [-0.15, -0.1) is 0 Å². The van der Waals surface area contributed by atoms with Gasteiger partial charge in [0, 0.05) is 11.7 Å². The van der Waals surface area contributed by atoms with E-state index in [1.54, 1.807) is 0 Å². The topological polar surface area (TPSA) is 140 Å². The van der Waals surface area contributed by atoms with E-state index in [2.05, 4.69) is 23.8 Å². The number of alkyl carbamates (subject to hydrolysis) is 2. The molecule has 2 amide bonds. The number of esters is 1. The number of fused-ring (bicyclic) bond motifs is 3. The molecule has 0 unspecified atom stereocenters. The average molecular weight is 569 g/mol. The zero-order chi connectivity index (χ0) is 28.9. The third kappa shape index (κ3) is 8.37. The fourth-order valence-corrected chi connectivity index (χ4v) is 5.20. The number of hydrogen-bond acceptors (Lipinski definition) is 8. The van der Waals surface area contributed by atoms with E-state index in [1.807, 2.05) is 48.5 Å². The van der Waals surface area contributed by atoms with Crippen LogP contribution in [0.15, 0.2) is 73.8 Å². The van der Waals surface area contributed by atoms with Gasteiger partial charge in [-0.25, -0.2) is 19.2 Å². The summed E-state index contributed by atoms with van der Waals surface area (Å²) in [7, 11) is 0. The molecule has 0 saturated carbocycles. The number of aliphatic carboxylic acids is 1. The van der Waals surface area contributed by atoms with Crippen molar-refractivity contribution in [3.8, 4) is 11.1 Å². The second-order valence-corrected chi connectivity index (χ2v) is 9.88. The minimum atomic E-state index is -1.22. The molecule has 11 heteroatoms. The van der Waals surface area contributed by atoms with Crippen LogP contribution in [0.3, 0.4) is 0 Å². The van der Waals surface area contributed by atoms with Gasteiger partial charge in [0.05, 0.1) is 0 Å². The van der Waals surface area contributed by atoms with Crippen LogP contribution in [0.5, 0.6) is 0 Å². The van der Waals surface area contributed by atoms with Crippen LogP contribution in [0, 0.1) is 0 Å². The number of ether oxygens (including phenoxy) is 3. The molecule has 0 aromatic heterocycles. The van der Waals surface area contributed by atoms with Gasteiger partial charge in [0.25, 0.3) is 0 Å². The fourth-order valence-electron chi connectivity index (χ4n) is 4.17. The Morgan fingerprint density at radius 3 is 2.00 bits per heavy atom. The highest BCUT2D eigenvalue weighted by Crippen LogP contribution is 2.44. The van der Waals surface area contributed by atoms with Crippen LogP contribution in [0.1, 0.15) is 23.5 Å². The molecule has 10 nitrogen and oxygen atoms in total. The molecule has 0 radical (unpaired) electrons. The van der Waals surface area contributed by atoms with Crippen LogP contribution in [0.25, 0.3) is 11.1 Å². The minimum Gasteiger partial charge on any atom is -0.480 e. The Bertz CT molecular complexity index is 1190. The lowest BCUT2D eigenvalue weighted by atomic mass is 9.98. The first-order valence-corrected chi connectivity index (χ1v) is 13.7. The van der Waals surface area contributed by atoms with Gasteiger partial charge in [-0.2, -0.15) is 11.8 Å². The van der Waals surface area contributed by atoms with E-state index in [4.69, 9.17) is 14.2 Å². The molecule has 3 rings (SSSR count). The van der Waals surface area contributed by atoms with Gasteiger partial charge in [-0.05, 0) is 34.4 Å². The molecule has 3 N–H and O–H groups in total. The summed E-state index contributed by atoms with van der Waals surface area (Å²) in [5.74, 6) is -1.71. The van der Waals surface area contributed by atoms with Crippen LogP contribution in [0.2, 0.25) is 0 Å². The maximum Gasteiger partial charge on any atom is 0.408 e. The number of benzene rings is 2. The molecule has 1 aliphatic carbocycles. The quantitative estimate of drug-likeness (QED) is 0.125. The second kappa shape index (κ2) is 15.4. The van der Waals surface area contributed by atoms with E-state index in [9.17, 15) is 24.3 Å². The lowest BCUT2D eigenvalue weighted by molar-refractivity contribution is -0.144. The summed E-state index contributed by atoms with van der Waals surface area (Å²) in [6.45, 7) is 6.92. The minimum absolute atomic E-state index is 0.0325. The van der Waals surface area contributed by atoms with Crippen molar-refractivity contribution in [3.05, 3.63) is 85.0 Å². The highest BCUT2D eigenvalue weighted by Gasteiger charge is 2.30. The van der Waals surface area contributed by atoms with Gasteiger partial charge in [-0.3, -0.25) is 0 Å². The monoisotopic (exact) mass is 568 g/mol. The second-order valence-electron chi connectivity index (χ2n) is 8.73. The van der Waals surface area contributed by atoms with Crippen molar-refractivity contribution in [2.75, 3.05) is 31.3 Å². The van der Waals surface area contributed by atoms with E-state index in [0.29, 0.717) is 0 Å². The molecule has 212 valence electrons. The Kier molecular flexibility index (Phi) is 11.6. The number of nitrogens with one attached hydrogen (secondary N) is 2. The van der Waals surface area contributed by atoms with Gasteiger partial charge >= 0.3 is 24.1 Å². The molecule has 40 heavy (non-hydrogen) atoms. The van der Waals surface area contributed by atoms with Crippen LogP contribution < -0.4 is 10.6 Å². The first-order chi connectivity index (χ1) is 19.3. The predicted molar refractivity (Wildman–Crippen MR) is 151 cm³/mol. The third-order valence-corrected chi connectivity index (χ3v) is 7.11. The molecule has 0 fully saturated rings. The number of rotatable bonds is 15. The van der Waals surface area contributed by atoms with Crippen molar-refractivity contribution in [2.45, 2.75) is 24.4 Å². The van der Waals surface area contributed by atoms with Gasteiger partial charge in [0.1, 0.15) is 31.9 Å². The number of carbonyl (C=O) groups excluding carboxylic acids is 3. The SMILES string of the molecule is C=CCOC(=O)N[C@H](CSCC[C@@H](NC(=O)OCC1c2ccccc2-c2ccccc21)C(=O)O)C(=O)OCC=C. The van der Waals surface area contributed by atoms with E-state index in [-0.39, 0.29) is 43.7 Å². The van der Waals surface area contributed by atoms with Crippen molar-refractivity contribution < 1.29 is 38.5 Å². The van der Waals surface area contributed by atoms with Crippen LogP contribution in [-0.4, -0.2) is 72.6 Å². The molecule has 2 aromatic carbocycles. The number of carboxylic acid groups (broad SMARTS) is 1. The number of carbonyl (C=O) groups is 4. The Hall–Kier alpha value is -4.25. The number of amides is 2. The van der Waals surface area contributed by atoms with Crippen molar-refractivity contribution >= 4 is 35.9 Å².